The highest BCUT2D eigenvalue weighted by Crippen LogP contribution is 2.22. The molecule has 1 atom stereocenters. The summed E-state index contributed by atoms with van der Waals surface area (Å²) < 4.78 is 6.92. The monoisotopic (exact) mass is 395 g/mol. The Bertz CT molecular complexity index is 1000. The number of hydrogen-bond donors (Lipinski definition) is 0. The van der Waals surface area contributed by atoms with Crippen LogP contribution in [0.25, 0.3) is 16.9 Å². The summed E-state index contributed by atoms with van der Waals surface area (Å²) in [6.45, 7) is 2.00. The Morgan fingerprint density at radius 1 is 1.28 bits per heavy atom. The lowest BCUT2D eigenvalue weighted by Gasteiger charge is -2.18. The van der Waals surface area contributed by atoms with Gasteiger partial charge in [-0.2, -0.15) is 4.68 Å². The van der Waals surface area contributed by atoms with E-state index in [2.05, 4.69) is 15.3 Å². The molecule has 0 N–H and O–H groups in total. The van der Waals surface area contributed by atoms with Gasteiger partial charge in [0, 0.05) is 19.5 Å². The van der Waals surface area contributed by atoms with Crippen LogP contribution in [-0.4, -0.2) is 81.5 Å². The van der Waals surface area contributed by atoms with E-state index in [1.807, 2.05) is 48.2 Å². The second-order valence-electron chi connectivity index (χ2n) is 7.63. The minimum Gasteiger partial charge on any atom is -0.497 e. The second-order valence-corrected chi connectivity index (χ2v) is 7.63. The number of likely N-dealkylation sites (tertiary alicyclic amines) is 1. The molecule has 0 bridgehead atoms. The quantitative estimate of drug-likeness (QED) is 0.619. The molecule has 9 nitrogen and oxygen atoms in total. The fraction of sp³-hybridized carbons (Fsp3) is 0.450. The molecule has 3 aromatic rings. The molecule has 0 saturated carbocycles. The number of carbonyl (C=O) groups is 1. The van der Waals surface area contributed by atoms with Crippen molar-refractivity contribution in [2.75, 3.05) is 40.8 Å². The molecule has 1 aromatic carbocycles. The number of ether oxygens (including phenoxy) is 1. The van der Waals surface area contributed by atoms with Gasteiger partial charge in [0.2, 0.25) is 5.91 Å². The average molecular weight is 395 g/mol. The summed E-state index contributed by atoms with van der Waals surface area (Å²) in [7, 11) is 5.46. The maximum absolute atomic E-state index is 12.3. The third-order valence-corrected chi connectivity index (χ3v) is 5.12. The van der Waals surface area contributed by atoms with Crippen LogP contribution in [0.15, 0.2) is 30.5 Å². The van der Waals surface area contributed by atoms with E-state index in [0.717, 1.165) is 43.2 Å². The Morgan fingerprint density at radius 3 is 2.79 bits per heavy atom. The number of benzene rings is 1. The van der Waals surface area contributed by atoms with Crippen molar-refractivity contribution in [1.82, 2.24) is 34.8 Å². The zero-order valence-electron chi connectivity index (χ0n) is 16.9. The number of fused-ring (bicyclic) bond motifs is 1. The van der Waals surface area contributed by atoms with Crippen molar-refractivity contribution in [2.45, 2.75) is 12.8 Å². The molecule has 0 unspecified atom stereocenters. The molecule has 1 saturated heterocycles. The molecule has 152 valence electrons. The molecule has 0 spiro atoms. The summed E-state index contributed by atoms with van der Waals surface area (Å²) in [6.07, 6.45) is 3.42. The molecular formula is C20H25N7O2. The zero-order chi connectivity index (χ0) is 20.4. The minimum absolute atomic E-state index is 0.177. The number of aromatic nitrogens is 5. The van der Waals surface area contributed by atoms with Crippen molar-refractivity contribution in [3.8, 4) is 11.4 Å². The SMILES string of the molecule is COc1ccc(-n2nnc3cnc(C[C@@H]4CCN(C(=O)CN(C)C)C4)nc32)cc1. The third kappa shape index (κ3) is 4.19. The van der Waals surface area contributed by atoms with Crippen molar-refractivity contribution >= 4 is 17.1 Å². The predicted molar refractivity (Wildman–Crippen MR) is 108 cm³/mol. The van der Waals surface area contributed by atoms with Crippen LogP contribution < -0.4 is 4.74 Å². The van der Waals surface area contributed by atoms with Crippen LogP contribution in [0.2, 0.25) is 0 Å². The highest BCUT2D eigenvalue weighted by atomic mass is 16.5. The van der Waals surface area contributed by atoms with Crippen LogP contribution >= 0.6 is 0 Å². The average Bonchev–Trinajstić information content (AvgIpc) is 3.34. The van der Waals surface area contributed by atoms with Crippen LogP contribution in [0.1, 0.15) is 12.2 Å². The summed E-state index contributed by atoms with van der Waals surface area (Å²) in [5, 5.41) is 8.40. The normalized spacial score (nSPS) is 16.7. The van der Waals surface area contributed by atoms with E-state index in [-0.39, 0.29) is 5.91 Å². The van der Waals surface area contributed by atoms with E-state index in [1.54, 1.807) is 18.0 Å². The molecule has 1 amide bonds. The van der Waals surface area contributed by atoms with Gasteiger partial charge in [0.25, 0.3) is 0 Å². The molecule has 2 aromatic heterocycles. The van der Waals surface area contributed by atoms with Gasteiger partial charge >= 0.3 is 0 Å². The minimum atomic E-state index is 0.177. The van der Waals surface area contributed by atoms with Gasteiger partial charge in [-0.25, -0.2) is 9.97 Å². The van der Waals surface area contributed by atoms with Crippen LogP contribution in [0, 0.1) is 5.92 Å². The van der Waals surface area contributed by atoms with Gasteiger partial charge in [-0.3, -0.25) is 4.79 Å². The van der Waals surface area contributed by atoms with Crippen molar-refractivity contribution in [1.29, 1.82) is 0 Å². The molecule has 29 heavy (non-hydrogen) atoms. The number of nitrogens with zero attached hydrogens (tertiary/aromatic N) is 7. The lowest BCUT2D eigenvalue weighted by molar-refractivity contribution is -0.130. The predicted octanol–water partition coefficient (Wildman–Crippen LogP) is 1.17. The topological polar surface area (TPSA) is 89.3 Å². The highest BCUT2D eigenvalue weighted by molar-refractivity contribution is 5.78. The molecule has 1 fully saturated rings. The van der Waals surface area contributed by atoms with Gasteiger partial charge in [-0.1, -0.05) is 5.21 Å². The molecular weight excluding hydrogens is 370 g/mol. The van der Waals surface area contributed by atoms with Gasteiger partial charge in [0.05, 0.1) is 25.5 Å². The molecule has 0 aliphatic carbocycles. The number of rotatable bonds is 6. The van der Waals surface area contributed by atoms with E-state index in [1.165, 1.54) is 0 Å². The standard InChI is InChI=1S/C20H25N7O2/c1-25(2)13-19(28)26-9-8-14(12-26)10-18-21-11-17-20(22-18)27(24-23-17)15-4-6-16(29-3)7-5-15/h4-7,11,14H,8-10,12-13H2,1-3H3/t14-/m0/s1. The number of carbonyl (C=O) groups excluding carboxylic acids is 1. The fourth-order valence-electron chi connectivity index (χ4n) is 3.61. The first-order valence-electron chi connectivity index (χ1n) is 9.67. The van der Waals surface area contributed by atoms with E-state index < -0.39 is 0 Å². The molecule has 1 aliphatic rings. The molecule has 1 aliphatic heterocycles. The van der Waals surface area contributed by atoms with Crippen molar-refractivity contribution < 1.29 is 9.53 Å². The van der Waals surface area contributed by atoms with Gasteiger partial charge in [0.1, 0.15) is 11.6 Å². The summed E-state index contributed by atoms with van der Waals surface area (Å²) in [6, 6.07) is 7.59. The van der Waals surface area contributed by atoms with E-state index in [4.69, 9.17) is 9.72 Å². The van der Waals surface area contributed by atoms with Gasteiger partial charge in [0.15, 0.2) is 11.2 Å². The lowest BCUT2D eigenvalue weighted by Crippen LogP contribution is -2.36. The first kappa shape index (κ1) is 19.3. The van der Waals surface area contributed by atoms with Crippen molar-refractivity contribution in [2.24, 2.45) is 5.92 Å². The zero-order valence-corrected chi connectivity index (χ0v) is 16.9. The number of hydrogen-bond acceptors (Lipinski definition) is 7. The van der Waals surface area contributed by atoms with Gasteiger partial charge in [-0.05, 0) is 50.7 Å². The maximum atomic E-state index is 12.3. The van der Waals surface area contributed by atoms with Crippen molar-refractivity contribution in [3.05, 3.63) is 36.3 Å². The Labute approximate surface area is 169 Å². The lowest BCUT2D eigenvalue weighted by atomic mass is 10.0. The van der Waals surface area contributed by atoms with Crippen LogP contribution in [0.4, 0.5) is 0 Å². The third-order valence-electron chi connectivity index (χ3n) is 5.12. The summed E-state index contributed by atoms with van der Waals surface area (Å²) >= 11 is 0. The van der Waals surface area contributed by atoms with Gasteiger partial charge < -0.3 is 14.5 Å². The fourth-order valence-corrected chi connectivity index (χ4v) is 3.61. The van der Waals surface area contributed by atoms with E-state index in [0.29, 0.717) is 23.6 Å². The molecule has 4 rings (SSSR count). The molecule has 9 heteroatoms. The van der Waals surface area contributed by atoms with Crippen LogP contribution in [0.3, 0.4) is 0 Å². The summed E-state index contributed by atoms with van der Waals surface area (Å²) in [5.41, 5.74) is 2.19. The highest BCUT2D eigenvalue weighted by Gasteiger charge is 2.27. The Morgan fingerprint density at radius 2 is 2.07 bits per heavy atom. The molecule has 0 radical (unpaired) electrons. The first-order valence-corrected chi connectivity index (χ1v) is 9.67. The number of amides is 1. The van der Waals surface area contributed by atoms with Crippen LogP contribution in [0.5, 0.6) is 5.75 Å². The number of methoxy groups -OCH3 is 1. The molecule has 3 heterocycles. The van der Waals surface area contributed by atoms with Gasteiger partial charge in [-0.15, -0.1) is 5.10 Å². The Hall–Kier alpha value is -3.07. The second kappa shape index (κ2) is 8.12. The Kier molecular flexibility index (Phi) is 5.39. The first-order chi connectivity index (χ1) is 14.0. The van der Waals surface area contributed by atoms with E-state index >= 15 is 0 Å². The number of likely N-dealkylation sites (N-methyl/N-ethyl adjacent to an activating group) is 1. The van der Waals surface area contributed by atoms with E-state index in [9.17, 15) is 4.79 Å². The summed E-state index contributed by atoms with van der Waals surface area (Å²) in [5.74, 6) is 2.07. The smallest absolute Gasteiger partial charge is 0.236 e. The summed E-state index contributed by atoms with van der Waals surface area (Å²) in [4.78, 5) is 25.3. The largest absolute Gasteiger partial charge is 0.497 e. The maximum Gasteiger partial charge on any atom is 0.236 e. The van der Waals surface area contributed by atoms with Crippen molar-refractivity contribution in [3.63, 3.8) is 0 Å². The van der Waals surface area contributed by atoms with Crippen LogP contribution in [-0.2, 0) is 11.2 Å². The Balaban J connectivity index is 1.50.